The van der Waals surface area contributed by atoms with Gasteiger partial charge in [0.25, 0.3) is 0 Å². The quantitative estimate of drug-likeness (QED) is 0.436. The summed E-state index contributed by atoms with van der Waals surface area (Å²) in [7, 11) is 3.63. The molecule has 1 saturated heterocycles. The highest BCUT2D eigenvalue weighted by Gasteiger charge is 2.20. The van der Waals surface area contributed by atoms with E-state index in [4.69, 9.17) is 4.74 Å². The number of morpholine rings is 1. The molecular formula is C12H27IN4O. The van der Waals surface area contributed by atoms with Crippen LogP contribution in [-0.4, -0.2) is 63.8 Å². The van der Waals surface area contributed by atoms with Crippen molar-refractivity contribution in [3.63, 3.8) is 0 Å². The molecule has 1 heterocycles. The number of nitrogens with one attached hydrogen (secondary N) is 2. The molecule has 1 atom stereocenters. The Bertz CT molecular complexity index is 248. The average Bonchev–Trinajstić information content (AvgIpc) is 2.30. The molecule has 1 aliphatic rings. The fourth-order valence-corrected chi connectivity index (χ4v) is 2.08. The monoisotopic (exact) mass is 370 g/mol. The molecule has 1 unspecified atom stereocenters. The Morgan fingerprint density at radius 3 is 2.78 bits per heavy atom. The van der Waals surface area contributed by atoms with E-state index in [1.807, 2.05) is 7.05 Å². The summed E-state index contributed by atoms with van der Waals surface area (Å²) in [6, 6.07) is 0. The Balaban J connectivity index is 0.00000289. The zero-order valence-corrected chi connectivity index (χ0v) is 14.2. The Hall–Kier alpha value is -0.0800. The first kappa shape index (κ1) is 17.9. The number of halogens is 1. The molecule has 1 rings (SSSR count). The van der Waals surface area contributed by atoms with Gasteiger partial charge in [-0.05, 0) is 5.92 Å². The number of guanidine groups is 1. The highest BCUT2D eigenvalue weighted by Crippen LogP contribution is 2.07. The summed E-state index contributed by atoms with van der Waals surface area (Å²) in [6.45, 7) is 9.36. The summed E-state index contributed by atoms with van der Waals surface area (Å²) in [5, 5.41) is 6.25. The first-order chi connectivity index (χ1) is 8.15. The van der Waals surface area contributed by atoms with E-state index in [0.29, 0.717) is 5.92 Å². The van der Waals surface area contributed by atoms with E-state index in [0.717, 1.165) is 38.7 Å². The van der Waals surface area contributed by atoms with Gasteiger partial charge >= 0.3 is 0 Å². The van der Waals surface area contributed by atoms with Crippen LogP contribution in [0.5, 0.6) is 0 Å². The lowest BCUT2D eigenvalue weighted by Gasteiger charge is -2.34. The fourth-order valence-electron chi connectivity index (χ4n) is 2.08. The maximum Gasteiger partial charge on any atom is 0.190 e. The van der Waals surface area contributed by atoms with Crippen molar-refractivity contribution in [1.29, 1.82) is 0 Å². The second-order valence-electron chi connectivity index (χ2n) is 4.85. The van der Waals surface area contributed by atoms with E-state index >= 15 is 0 Å². The molecule has 0 amide bonds. The van der Waals surface area contributed by atoms with Crippen molar-refractivity contribution in [3.05, 3.63) is 0 Å². The lowest BCUT2D eigenvalue weighted by molar-refractivity contribution is -0.0284. The van der Waals surface area contributed by atoms with Gasteiger partial charge < -0.3 is 15.4 Å². The van der Waals surface area contributed by atoms with E-state index in [-0.39, 0.29) is 30.1 Å². The molecule has 0 spiro atoms. The van der Waals surface area contributed by atoms with Crippen LogP contribution in [0.15, 0.2) is 4.99 Å². The number of hydrogen-bond donors (Lipinski definition) is 2. The molecule has 0 aromatic heterocycles. The third-order valence-corrected chi connectivity index (χ3v) is 2.80. The summed E-state index contributed by atoms with van der Waals surface area (Å²) in [5.74, 6) is 1.53. The van der Waals surface area contributed by atoms with Crippen LogP contribution in [0.25, 0.3) is 0 Å². The Morgan fingerprint density at radius 1 is 1.50 bits per heavy atom. The molecule has 0 radical (unpaired) electrons. The van der Waals surface area contributed by atoms with E-state index in [1.165, 1.54) is 0 Å². The summed E-state index contributed by atoms with van der Waals surface area (Å²) < 4.78 is 5.74. The van der Waals surface area contributed by atoms with Gasteiger partial charge in [-0.15, -0.1) is 24.0 Å². The molecule has 6 heteroatoms. The molecule has 108 valence electrons. The predicted octanol–water partition coefficient (Wildman–Crippen LogP) is 0.756. The van der Waals surface area contributed by atoms with E-state index in [2.05, 4.69) is 34.4 Å². The normalized spacial score (nSPS) is 21.6. The standard InChI is InChI=1S/C12H26N4O.HI/c1-10(2)8-16-5-6-17-11(9-16)7-15-12(13-3)14-4;/h10-11H,5-9H2,1-4H3,(H2,13,14,15);1H. The molecule has 0 aliphatic carbocycles. The van der Waals surface area contributed by atoms with Crippen LogP contribution in [0.3, 0.4) is 0 Å². The second kappa shape index (κ2) is 9.80. The van der Waals surface area contributed by atoms with Crippen molar-refractivity contribution in [3.8, 4) is 0 Å². The summed E-state index contributed by atoms with van der Waals surface area (Å²) in [4.78, 5) is 6.56. The van der Waals surface area contributed by atoms with Gasteiger partial charge in [-0.25, -0.2) is 0 Å². The Morgan fingerprint density at radius 2 is 2.22 bits per heavy atom. The molecule has 0 bridgehead atoms. The zero-order valence-electron chi connectivity index (χ0n) is 11.9. The topological polar surface area (TPSA) is 48.9 Å². The third-order valence-electron chi connectivity index (χ3n) is 2.80. The van der Waals surface area contributed by atoms with Gasteiger partial charge in [0.1, 0.15) is 0 Å². The fraction of sp³-hybridized carbons (Fsp3) is 0.917. The lowest BCUT2D eigenvalue weighted by Crippen LogP contribution is -2.49. The van der Waals surface area contributed by atoms with Crippen LogP contribution in [0.1, 0.15) is 13.8 Å². The van der Waals surface area contributed by atoms with Gasteiger partial charge in [-0.3, -0.25) is 9.89 Å². The number of nitrogens with zero attached hydrogens (tertiary/aromatic N) is 2. The van der Waals surface area contributed by atoms with Gasteiger partial charge in [-0.1, -0.05) is 13.8 Å². The minimum atomic E-state index is 0. The van der Waals surface area contributed by atoms with Crippen molar-refractivity contribution in [1.82, 2.24) is 15.5 Å². The Labute approximate surface area is 128 Å². The SMILES string of the molecule is CN=C(NC)NCC1CN(CC(C)C)CCO1.I. The van der Waals surface area contributed by atoms with E-state index < -0.39 is 0 Å². The molecule has 0 saturated carbocycles. The largest absolute Gasteiger partial charge is 0.374 e. The van der Waals surface area contributed by atoms with Gasteiger partial charge in [0.2, 0.25) is 0 Å². The van der Waals surface area contributed by atoms with Crippen LogP contribution in [0.4, 0.5) is 0 Å². The molecule has 1 aliphatic heterocycles. The third kappa shape index (κ3) is 6.75. The maximum atomic E-state index is 5.74. The minimum absolute atomic E-state index is 0. The minimum Gasteiger partial charge on any atom is -0.374 e. The number of ether oxygens (including phenoxy) is 1. The van der Waals surface area contributed by atoms with Crippen LogP contribution in [-0.2, 0) is 4.74 Å². The zero-order chi connectivity index (χ0) is 12.7. The van der Waals surface area contributed by atoms with Crippen LogP contribution in [0.2, 0.25) is 0 Å². The van der Waals surface area contributed by atoms with E-state index in [9.17, 15) is 0 Å². The highest BCUT2D eigenvalue weighted by atomic mass is 127. The number of rotatable bonds is 4. The number of hydrogen-bond acceptors (Lipinski definition) is 3. The summed E-state index contributed by atoms with van der Waals surface area (Å²) >= 11 is 0. The average molecular weight is 370 g/mol. The van der Waals surface area contributed by atoms with Crippen LogP contribution >= 0.6 is 24.0 Å². The van der Waals surface area contributed by atoms with Crippen molar-refractivity contribution in [2.24, 2.45) is 10.9 Å². The molecule has 0 aromatic rings. The second-order valence-corrected chi connectivity index (χ2v) is 4.85. The molecule has 1 fully saturated rings. The maximum absolute atomic E-state index is 5.74. The van der Waals surface area contributed by atoms with Gasteiger partial charge in [0.15, 0.2) is 5.96 Å². The van der Waals surface area contributed by atoms with E-state index in [1.54, 1.807) is 7.05 Å². The van der Waals surface area contributed by atoms with Crippen molar-refractivity contribution >= 4 is 29.9 Å². The van der Waals surface area contributed by atoms with Crippen LogP contribution in [0, 0.1) is 5.92 Å². The highest BCUT2D eigenvalue weighted by molar-refractivity contribution is 14.0. The van der Waals surface area contributed by atoms with Crippen molar-refractivity contribution in [2.75, 3.05) is 46.9 Å². The molecule has 5 nitrogen and oxygen atoms in total. The smallest absolute Gasteiger partial charge is 0.190 e. The molecule has 2 N–H and O–H groups in total. The molecular weight excluding hydrogens is 343 g/mol. The number of aliphatic imine (C=N–C) groups is 1. The molecule has 0 aromatic carbocycles. The van der Waals surface area contributed by atoms with Gasteiger partial charge in [0, 0.05) is 40.3 Å². The Kier molecular flexibility index (Phi) is 9.76. The van der Waals surface area contributed by atoms with Crippen molar-refractivity contribution < 1.29 is 4.74 Å². The van der Waals surface area contributed by atoms with Crippen LogP contribution < -0.4 is 10.6 Å². The first-order valence-corrected chi connectivity index (χ1v) is 6.38. The summed E-state index contributed by atoms with van der Waals surface area (Å²) in [6.07, 6.45) is 0.257. The summed E-state index contributed by atoms with van der Waals surface area (Å²) in [5.41, 5.74) is 0. The van der Waals surface area contributed by atoms with Crippen molar-refractivity contribution in [2.45, 2.75) is 20.0 Å². The predicted molar refractivity (Wildman–Crippen MR) is 86.9 cm³/mol. The van der Waals surface area contributed by atoms with Gasteiger partial charge in [-0.2, -0.15) is 0 Å². The van der Waals surface area contributed by atoms with Gasteiger partial charge in [0.05, 0.1) is 12.7 Å². The molecule has 18 heavy (non-hydrogen) atoms. The lowest BCUT2D eigenvalue weighted by atomic mass is 10.2. The first-order valence-electron chi connectivity index (χ1n) is 6.38.